The van der Waals surface area contributed by atoms with Crippen LogP contribution >= 0.6 is 0 Å². The Labute approximate surface area is 195 Å². The van der Waals surface area contributed by atoms with E-state index in [0.29, 0.717) is 6.54 Å². The molecule has 5 rings (SSSR count). The molecule has 1 aromatic heterocycles. The van der Waals surface area contributed by atoms with Crippen molar-refractivity contribution in [2.45, 2.75) is 18.0 Å². The number of hydrogen-bond acceptors (Lipinski definition) is 2. The third-order valence-corrected chi connectivity index (χ3v) is 6.47. The maximum absolute atomic E-state index is 6.40. The van der Waals surface area contributed by atoms with E-state index in [1.165, 1.54) is 27.6 Å². The molecule has 33 heavy (non-hydrogen) atoms. The molecule has 0 radical (unpaired) electrons. The van der Waals surface area contributed by atoms with Crippen LogP contribution in [-0.4, -0.2) is 17.6 Å². The average Bonchev–Trinajstić information content (AvgIpc) is 3.31. The van der Waals surface area contributed by atoms with E-state index in [1.54, 1.807) is 0 Å². The monoisotopic (exact) mass is 431 g/mol. The standard InChI is InChI=1S/C30H29N3/c31-21-27(20-23-22-32-29-19-11-10-18-28(23)29)33-30(24-12-4-1-5-13-24,25-14-6-2-7-15-25)26-16-8-3-9-17-26/h1-19,22,27,32-33H,20-21,31H2. The number of aromatic amines is 1. The van der Waals surface area contributed by atoms with Crippen LogP contribution in [0.5, 0.6) is 0 Å². The molecule has 5 aromatic rings. The lowest BCUT2D eigenvalue weighted by Gasteiger charge is -2.40. The second kappa shape index (κ2) is 9.45. The van der Waals surface area contributed by atoms with Gasteiger partial charge in [-0.25, -0.2) is 0 Å². The van der Waals surface area contributed by atoms with Crippen LogP contribution in [0.1, 0.15) is 22.3 Å². The molecule has 0 aliphatic carbocycles. The van der Waals surface area contributed by atoms with Crippen molar-refractivity contribution in [1.29, 1.82) is 0 Å². The Morgan fingerprint density at radius 3 is 1.67 bits per heavy atom. The van der Waals surface area contributed by atoms with Crippen LogP contribution in [0, 0.1) is 0 Å². The van der Waals surface area contributed by atoms with Gasteiger partial charge in [0.05, 0.1) is 5.54 Å². The fourth-order valence-electron chi connectivity index (χ4n) is 4.88. The predicted octanol–water partition coefficient (Wildman–Crippen LogP) is 5.62. The summed E-state index contributed by atoms with van der Waals surface area (Å²) in [6.07, 6.45) is 2.94. The summed E-state index contributed by atoms with van der Waals surface area (Å²) in [5.74, 6) is 0. The number of rotatable bonds is 8. The quantitative estimate of drug-likeness (QED) is 0.279. The number of H-pyrrole nitrogens is 1. The van der Waals surface area contributed by atoms with Crippen molar-refractivity contribution >= 4 is 10.9 Å². The minimum absolute atomic E-state index is 0.0600. The first-order chi connectivity index (χ1) is 16.3. The second-order valence-corrected chi connectivity index (χ2v) is 8.49. The molecule has 1 atom stereocenters. The molecule has 0 aliphatic heterocycles. The van der Waals surface area contributed by atoms with Gasteiger partial charge in [-0.1, -0.05) is 109 Å². The Balaban J connectivity index is 1.63. The first kappa shape index (κ1) is 21.2. The van der Waals surface area contributed by atoms with Crippen LogP contribution in [0.25, 0.3) is 10.9 Å². The van der Waals surface area contributed by atoms with Gasteiger partial charge in [0.15, 0.2) is 0 Å². The lowest BCUT2D eigenvalue weighted by molar-refractivity contribution is 0.391. The van der Waals surface area contributed by atoms with Crippen LogP contribution in [0.4, 0.5) is 0 Å². The number of fused-ring (bicyclic) bond motifs is 1. The SMILES string of the molecule is NCC(Cc1c[nH]c2ccccc12)NC(c1ccccc1)(c1ccccc1)c1ccccc1. The highest BCUT2D eigenvalue weighted by molar-refractivity contribution is 5.83. The number of benzene rings is 4. The molecule has 0 amide bonds. The Hall–Kier alpha value is -3.66. The molecule has 0 fully saturated rings. The van der Waals surface area contributed by atoms with Crippen LogP contribution in [-0.2, 0) is 12.0 Å². The molecule has 3 heteroatoms. The van der Waals surface area contributed by atoms with E-state index < -0.39 is 5.54 Å². The summed E-state index contributed by atoms with van der Waals surface area (Å²) in [6, 6.07) is 40.5. The molecule has 0 aliphatic rings. The van der Waals surface area contributed by atoms with Gasteiger partial charge in [-0.3, -0.25) is 5.32 Å². The van der Waals surface area contributed by atoms with Gasteiger partial charge in [0, 0.05) is 29.7 Å². The van der Waals surface area contributed by atoms with E-state index in [1.807, 2.05) is 0 Å². The minimum atomic E-state index is -0.528. The highest BCUT2D eigenvalue weighted by atomic mass is 15.0. The average molecular weight is 432 g/mol. The maximum atomic E-state index is 6.40. The molecular formula is C30H29N3. The van der Waals surface area contributed by atoms with Gasteiger partial charge >= 0.3 is 0 Å². The number of nitrogens with one attached hydrogen (secondary N) is 2. The van der Waals surface area contributed by atoms with Crippen molar-refractivity contribution in [3.63, 3.8) is 0 Å². The molecular weight excluding hydrogens is 402 g/mol. The van der Waals surface area contributed by atoms with Crippen LogP contribution in [0.3, 0.4) is 0 Å². The van der Waals surface area contributed by atoms with Crippen molar-refractivity contribution in [2.75, 3.05) is 6.54 Å². The van der Waals surface area contributed by atoms with E-state index >= 15 is 0 Å². The van der Waals surface area contributed by atoms with Gasteiger partial charge in [0.2, 0.25) is 0 Å². The molecule has 0 spiro atoms. The Morgan fingerprint density at radius 2 is 1.15 bits per heavy atom. The number of aromatic nitrogens is 1. The van der Waals surface area contributed by atoms with E-state index in [2.05, 4.69) is 132 Å². The zero-order chi connectivity index (χ0) is 22.5. The van der Waals surface area contributed by atoms with E-state index in [4.69, 9.17) is 5.73 Å². The summed E-state index contributed by atoms with van der Waals surface area (Å²) < 4.78 is 0. The van der Waals surface area contributed by atoms with Crippen LogP contribution in [0.2, 0.25) is 0 Å². The molecule has 0 saturated carbocycles. The smallest absolute Gasteiger partial charge is 0.0950 e. The highest BCUT2D eigenvalue weighted by Crippen LogP contribution is 2.37. The van der Waals surface area contributed by atoms with E-state index in [9.17, 15) is 0 Å². The summed E-state index contributed by atoms with van der Waals surface area (Å²) in [4.78, 5) is 3.41. The van der Waals surface area contributed by atoms with Crippen molar-refractivity contribution in [2.24, 2.45) is 5.73 Å². The fourth-order valence-corrected chi connectivity index (χ4v) is 4.88. The fraction of sp³-hybridized carbons (Fsp3) is 0.133. The summed E-state index contributed by atoms with van der Waals surface area (Å²) in [5, 5.41) is 5.28. The van der Waals surface area contributed by atoms with Gasteiger partial charge < -0.3 is 10.7 Å². The van der Waals surface area contributed by atoms with E-state index in [-0.39, 0.29) is 6.04 Å². The van der Waals surface area contributed by atoms with Gasteiger partial charge in [-0.2, -0.15) is 0 Å². The Kier molecular flexibility index (Phi) is 6.07. The number of hydrogen-bond donors (Lipinski definition) is 3. The molecule has 4 aromatic carbocycles. The lowest BCUT2D eigenvalue weighted by Crippen LogP contribution is -2.53. The maximum Gasteiger partial charge on any atom is 0.0950 e. The summed E-state index contributed by atoms with van der Waals surface area (Å²) in [5.41, 5.74) is 11.9. The van der Waals surface area contributed by atoms with Crippen molar-refractivity contribution < 1.29 is 0 Å². The van der Waals surface area contributed by atoms with Crippen molar-refractivity contribution in [3.8, 4) is 0 Å². The summed E-state index contributed by atoms with van der Waals surface area (Å²) in [6.45, 7) is 0.522. The molecule has 3 nitrogen and oxygen atoms in total. The lowest BCUT2D eigenvalue weighted by atomic mass is 9.76. The van der Waals surface area contributed by atoms with Crippen molar-refractivity contribution in [1.82, 2.24) is 10.3 Å². The first-order valence-electron chi connectivity index (χ1n) is 11.5. The van der Waals surface area contributed by atoms with Gasteiger partial charge in [0.1, 0.15) is 0 Å². The highest BCUT2D eigenvalue weighted by Gasteiger charge is 2.37. The minimum Gasteiger partial charge on any atom is -0.361 e. The van der Waals surface area contributed by atoms with E-state index in [0.717, 1.165) is 11.9 Å². The topological polar surface area (TPSA) is 53.8 Å². The van der Waals surface area contributed by atoms with Crippen molar-refractivity contribution in [3.05, 3.63) is 144 Å². The number of nitrogens with two attached hydrogens (primary N) is 1. The normalized spacial score (nSPS) is 12.6. The third kappa shape index (κ3) is 4.09. The molecule has 0 saturated heterocycles. The summed E-state index contributed by atoms with van der Waals surface area (Å²) in [7, 11) is 0. The zero-order valence-electron chi connectivity index (χ0n) is 18.6. The Morgan fingerprint density at radius 1 is 0.667 bits per heavy atom. The predicted molar refractivity (Wildman–Crippen MR) is 137 cm³/mol. The molecule has 1 heterocycles. The van der Waals surface area contributed by atoms with Crippen LogP contribution < -0.4 is 11.1 Å². The van der Waals surface area contributed by atoms with Crippen LogP contribution in [0.15, 0.2) is 121 Å². The Bertz CT molecular complexity index is 1200. The third-order valence-electron chi connectivity index (χ3n) is 6.47. The molecule has 164 valence electrons. The number of para-hydroxylation sites is 1. The molecule has 0 bridgehead atoms. The zero-order valence-corrected chi connectivity index (χ0v) is 18.6. The first-order valence-corrected chi connectivity index (χ1v) is 11.5. The largest absolute Gasteiger partial charge is 0.361 e. The van der Waals surface area contributed by atoms with Gasteiger partial charge in [-0.05, 0) is 34.7 Å². The summed E-state index contributed by atoms with van der Waals surface area (Å²) >= 11 is 0. The van der Waals surface area contributed by atoms with Gasteiger partial charge in [0.25, 0.3) is 0 Å². The van der Waals surface area contributed by atoms with Gasteiger partial charge in [-0.15, -0.1) is 0 Å². The second-order valence-electron chi connectivity index (χ2n) is 8.49. The molecule has 1 unspecified atom stereocenters. The molecule has 4 N–H and O–H groups in total.